The summed E-state index contributed by atoms with van der Waals surface area (Å²) >= 11 is 0. The molecule has 0 aliphatic carbocycles. The normalized spacial score (nSPS) is 17.0. The summed E-state index contributed by atoms with van der Waals surface area (Å²) in [7, 11) is 1.49. The summed E-state index contributed by atoms with van der Waals surface area (Å²) in [5.41, 5.74) is 1.03. The van der Waals surface area contributed by atoms with Crippen LogP contribution in [-0.2, 0) is 35.1 Å². The third-order valence-corrected chi connectivity index (χ3v) is 6.00. The molecular formula is C25H38N4O9. The van der Waals surface area contributed by atoms with Gasteiger partial charge in [-0.25, -0.2) is 14.5 Å². The number of likely N-dealkylation sites (N-methyl/N-ethyl adjacent to an activating group) is 1. The van der Waals surface area contributed by atoms with Crippen molar-refractivity contribution in [3.05, 3.63) is 35.9 Å². The van der Waals surface area contributed by atoms with Crippen molar-refractivity contribution in [2.75, 3.05) is 33.4 Å². The molecule has 0 saturated carbocycles. The first kappa shape index (κ1) is 31.1. The zero-order valence-corrected chi connectivity index (χ0v) is 22.1. The van der Waals surface area contributed by atoms with E-state index in [0.29, 0.717) is 32.1 Å². The molecule has 13 heteroatoms. The predicted octanol–water partition coefficient (Wildman–Crippen LogP) is 1.52. The summed E-state index contributed by atoms with van der Waals surface area (Å²) in [4.78, 5) is 58.0. The van der Waals surface area contributed by atoms with Crippen LogP contribution >= 0.6 is 0 Å². The summed E-state index contributed by atoms with van der Waals surface area (Å²) in [5.74, 6) is -1.85. The number of rotatable bonds is 16. The van der Waals surface area contributed by atoms with E-state index in [2.05, 4.69) is 10.2 Å². The van der Waals surface area contributed by atoms with Gasteiger partial charge in [0.2, 0.25) is 5.91 Å². The smallest absolute Gasteiger partial charge is 0.331 e. The highest BCUT2D eigenvalue weighted by Gasteiger charge is 2.46. The maximum atomic E-state index is 13.3. The molecule has 0 radical (unpaired) electrons. The highest BCUT2D eigenvalue weighted by atomic mass is 17.1. The van der Waals surface area contributed by atoms with Gasteiger partial charge < -0.3 is 14.4 Å². The molecule has 2 rings (SSSR count). The second-order valence-corrected chi connectivity index (χ2v) is 8.92. The first-order chi connectivity index (χ1) is 18.1. The highest BCUT2D eigenvalue weighted by molar-refractivity contribution is 6.03. The average molecular weight is 539 g/mol. The molecule has 1 fully saturated rings. The maximum absolute atomic E-state index is 13.3. The van der Waals surface area contributed by atoms with Gasteiger partial charge in [0.05, 0.1) is 37.8 Å². The Morgan fingerprint density at radius 1 is 1.11 bits per heavy atom. The van der Waals surface area contributed by atoms with Crippen LogP contribution in [-0.4, -0.2) is 101 Å². The van der Waals surface area contributed by atoms with Crippen LogP contribution in [0.1, 0.15) is 45.1 Å². The van der Waals surface area contributed by atoms with Crippen LogP contribution in [0, 0.1) is 0 Å². The number of nitrogens with zero attached hydrogens (tertiary/aromatic N) is 3. The number of ether oxygens (including phenoxy) is 2. The predicted molar refractivity (Wildman–Crippen MR) is 133 cm³/mol. The Bertz CT molecular complexity index is 915. The standard InChI is InChI=1S/C25H38N4O9/c1-4-36-23(31)20(14-13-19-11-7-5-8-12-19)26-18(2)22(30)28-21(17-27(3)25(28)33)24(32)37-15-9-6-10-16-38-29(34)35/h5,7-8,11-12,18,20-21,26,34-35H,4,6,9-10,13-17H2,1-3H3. The van der Waals surface area contributed by atoms with Gasteiger partial charge in [0, 0.05) is 7.05 Å². The van der Waals surface area contributed by atoms with Crippen molar-refractivity contribution < 1.29 is 43.9 Å². The molecule has 1 heterocycles. The van der Waals surface area contributed by atoms with Gasteiger partial charge in [-0.05, 0) is 51.5 Å². The van der Waals surface area contributed by atoms with Crippen molar-refractivity contribution in [2.45, 2.75) is 64.1 Å². The lowest BCUT2D eigenvalue weighted by molar-refractivity contribution is -0.492. The van der Waals surface area contributed by atoms with Crippen LogP contribution in [0.25, 0.3) is 0 Å². The summed E-state index contributed by atoms with van der Waals surface area (Å²) in [6.45, 7) is 3.54. The molecule has 3 amide bonds. The van der Waals surface area contributed by atoms with Gasteiger partial charge in [-0.1, -0.05) is 30.3 Å². The van der Waals surface area contributed by atoms with Crippen LogP contribution < -0.4 is 5.32 Å². The lowest BCUT2D eigenvalue weighted by Crippen LogP contribution is -2.55. The van der Waals surface area contributed by atoms with Crippen LogP contribution in [0.3, 0.4) is 0 Å². The van der Waals surface area contributed by atoms with E-state index in [-0.39, 0.29) is 31.8 Å². The fraction of sp³-hybridized carbons (Fsp3) is 0.600. The highest BCUT2D eigenvalue weighted by Crippen LogP contribution is 2.18. The van der Waals surface area contributed by atoms with E-state index in [4.69, 9.17) is 19.9 Å². The van der Waals surface area contributed by atoms with E-state index < -0.39 is 42.0 Å². The first-order valence-corrected chi connectivity index (χ1v) is 12.7. The molecule has 0 spiro atoms. The third-order valence-electron chi connectivity index (χ3n) is 6.00. The number of benzene rings is 1. The van der Waals surface area contributed by atoms with Crippen molar-refractivity contribution >= 4 is 23.9 Å². The topological polar surface area (TPSA) is 158 Å². The Morgan fingerprint density at radius 2 is 1.79 bits per heavy atom. The number of hydrogen-bond donors (Lipinski definition) is 3. The lowest BCUT2D eigenvalue weighted by atomic mass is 10.0. The molecule has 1 aliphatic heterocycles. The van der Waals surface area contributed by atoms with E-state index in [1.165, 1.54) is 18.9 Å². The van der Waals surface area contributed by atoms with Gasteiger partial charge in [-0.15, -0.1) is 0 Å². The Kier molecular flexibility index (Phi) is 13.1. The summed E-state index contributed by atoms with van der Waals surface area (Å²) < 4.78 is 10.5. The lowest BCUT2D eigenvalue weighted by Gasteiger charge is -2.26. The van der Waals surface area contributed by atoms with E-state index in [1.54, 1.807) is 6.92 Å². The molecule has 1 aromatic rings. The minimum atomic E-state index is -1.12. The van der Waals surface area contributed by atoms with Gasteiger partial charge in [-0.2, -0.15) is 0 Å². The summed E-state index contributed by atoms with van der Waals surface area (Å²) in [6, 6.07) is 6.10. The maximum Gasteiger partial charge on any atom is 0.331 e. The monoisotopic (exact) mass is 538 g/mol. The fourth-order valence-corrected chi connectivity index (χ4v) is 4.01. The van der Waals surface area contributed by atoms with Crippen LogP contribution in [0.4, 0.5) is 4.79 Å². The van der Waals surface area contributed by atoms with Gasteiger partial charge in [-0.3, -0.25) is 30.2 Å². The minimum Gasteiger partial charge on any atom is -0.465 e. The molecule has 3 atom stereocenters. The van der Waals surface area contributed by atoms with Gasteiger partial charge in [0.15, 0.2) is 6.04 Å². The average Bonchev–Trinajstić information content (AvgIpc) is 3.19. The molecule has 1 aromatic carbocycles. The van der Waals surface area contributed by atoms with Crippen LogP contribution in [0.5, 0.6) is 0 Å². The van der Waals surface area contributed by atoms with Crippen LogP contribution in [0.15, 0.2) is 30.3 Å². The Morgan fingerprint density at radius 3 is 2.45 bits per heavy atom. The fourth-order valence-electron chi connectivity index (χ4n) is 4.01. The second-order valence-electron chi connectivity index (χ2n) is 8.92. The number of imide groups is 1. The summed E-state index contributed by atoms with van der Waals surface area (Å²) in [6.07, 6.45) is 2.52. The molecule has 3 unspecified atom stereocenters. The van der Waals surface area contributed by atoms with E-state index in [9.17, 15) is 19.2 Å². The van der Waals surface area contributed by atoms with Crippen LogP contribution in [0.2, 0.25) is 0 Å². The van der Waals surface area contributed by atoms with Crippen molar-refractivity contribution in [3.8, 4) is 0 Å². The molecular weight excluding hydrogens is 500 g/mol. The minimum absolute atomic E-state index is 0.0118. The van der Waals surface area contributed by atoms with E-state index >= 15 is 0 Å². The molecule has 1 aliphatic rings. The molecule has 0 aromatic heterocycles. The Labute approximate surface area is 222 Å². The van der Waals surface area contributed by atoms with E-state index in [1.807, 2.05) is 30.3 Å². The molecule has 212 valence electrons. The number of carbonyl (C=O) groups is 4. The number of urea groups is 1. The Hall–Kier alpha value is -3.10. The van der Waals surface area contributed by atoms with Gasteiger partial charge >= 0.3 is 18.0 Å². The van der Waals surface area contributed by atoms with Gasteiger partial charge in [0.25, 0.3) is 0 Å². The number of nitrogens with one attached hydrogen (secondary N) is 1. The zero-order chi connectivity index (χ0) is 28.1. The number of hydrogen-bond acceptors (Lipinski definition) is 11. The largest absolute Gasteiger partial charge is 0.465 e. The van der Waals surface area contributed by atoms with Crippen molar-refractivity contribution in [1.82, 2.24) is 20.5 Å². The van der Waals surface area contributed by atoms with E-state index in [0.717, 1.165) is 10.5 Å². The number of esters is 2. The molecule has 1 saturated heterocycles. The first-order valence-electron chi connectivity index (χ1n) is 12.7. The Balaban J connectivity index is 1.97. The molecule has 38 heavy (non-hydrogen) atoms. The molecule has 13 nitrogen and oxygen atoms in total. The third kappa shape index (κ3) is 9.65. The zero-order valence-electron chi connectivity index (χ0n) is 22.1. The quantitative estimate of drug-likeness (QED) is 0.159. The molecule has 0 bridgehead atoms. The van der Waals surface area contributed by atoms with Crippen molar-refractivity contribution in [1.29, 1.82) is 0 Å². The number of carbonyl (C=O) groups excluding carboxylic acids is 4. The number of aryl methyl sites for hydroxylation is 1. The number of amides is 3. The second kappa shape index (κ2) is 16.0. The van der Waals surface area contributed by atoms with Crippen molar-refractivity contribution in [2.24, 2.45) is 0 Å². The van der Waals surface area contributed by atoms with Crippen molar-refractivity contribution in [3.63, 3.8) is 0 Å². The molecule has 3 N–H and O–H groups in total. The SMILES string of the molecule is CCOC(=O)C(CCc1ccccc1)NC(C)C(=O)N1C(=O)N(C)CC1C(=O)OCCCCCON(O)O. The summed E-state index contributed by atoms with van der Waals surface area (Å²) in [5, 5.41) is 19.6. The number of unbranched alkanes of at least 4 members (excludes halogenated alkanes) is 2. The van der Waals surface area contributed by atoms with Gasteiger partial charge in [0.1, 0.15) is 6.04 Å².